The van der Waals surface area contributed by atoms with Crippen molar-refractivity contribution in [3.8, 4) is 0 Å². The molecule has 1 aromatic rings. The molecule has 0 aromatic heterocycles. The Labute approximate surface area is 122 Å². The number of aryl methyl sites for hydroxylation is 2. The SMILES string of the molecule is CCNCCCN(C)S(=O)(=O)Nc1ccc(C)cc1C. The first-order chi connectivity index (χ1) is 9.36. The first-order valence-corrected chi connectivity index (χ1v) is 8.33. The first-order valence-electron chi connectivity index (χ1n) is 6.89. The van der Waals surface area contributed by atoms with Gasteiger partial charge < -0.3 is 5.32 Å². The molecular weight excluding hydrogens is 274 g/mol. The van der Waals surface area contributed by atoms with Crippen LogP contribution < -0.4 is 10.0 Å². The largest absolute Gasteiger partial charge is 0.317 e. The molecule has 0 unspecified atom stereocenters. The van der Waals surface area contributed by atoms with Gasteiger partial charge in [0.25, 0.3) is 0 Å². The second kappa shape index (κ2) is 7.61. The van der Waals surface area contributed by atoms with Gasteiger partial charge in [-0.2, -0.15) is 12.7 Å². The third-order valence-corrected chi connectivity index (χ3v) is 4.59. The maximum atomic E-state index is 12.2. The van der Waals surface area contributed by atoms with Crippen molar-refractivity contribution < 1.29 is 8.42 Å². The Kier molecular flexibility index (Phi) is 6.45. The van der Waals surface area contributed by atoms with E-state index in [0.717, 1.165) is 30.6 Å². The highest BCUT2D eigenvalue weighted by atomic mass is 32.2. The molecule has 5 nitrogen and oxygen atoms in total. The summed E-state index contributed by atoms with van der Waals surface area (Å²) in [7, 11) is -1.89. The van der Waals surface area contributed by atoms with Gasteiger partial charge >= 0.3 is 10.2 Å². The van der Waals surface area contributed by atoms with Gasteiger partial charge in [0, 0.05) is 13.6 Å². The van der Waals surface area contributed by atoms with Crippen molar-refractivity contribution in [3.05, 3.63) is 29.3 Å². The molecule has 0 fully saturated rings. The van der Waals surface area contributed by atoms with E-state index in [9.17, 15) is 8.42 Å². The second-order valence-corrected chi connectivity index (χ2v) is 6.73. The fourth-order valence-electron chi connectivity index (χ4n) is 1.87. The second-order valence-electron chi connectivity index (χ2n) is 4.95. The summed E-state index contributed by atoms with van der Waals surface area (Å²) in [4.78, 5) is 0. The van der Waals surface area contributed by atoms with Crippen LogP contribution in [-0.4, -0.2) is 39.4 Å². The van der Waals surface area contributed by atoms with Crippen LogP contribution in [0.4, 0.5) is 5.69 Å². The molecule has 0 bridgehead atoms. The summed E-state index contributed by atoms with van der Waals surface area (Å²) in [5, 5.41) is 3.18. The van der Waals surface area contributed by atoms with Crippen LogP contribution in [0.15, 0.2) is 18.2 Å². The minimum absolute atomic E-state index is 0.493. The maximum Gasteiger partial charge on any atom is 0.301 e. The summed E-state index contributed by atoms with van der Waals surface area (Å²) in [5.41, 5.74) is 2.67. The summed E-state index contributed by atoms with van der Waals surface area (Å²) in [6.07, 6.45) is 0.790. The molecule has 6 heteroatoms. The predicted molar refractivity (Wildman–Crippen MR) is 84.2 cm³/mol. The molecule has 1 rings (SSSR count). The van der Waals surface area contributed by atoms with E-state index in [1.807, 2.05) is 32.9 Å². The number of rotatable bonds is 8. The lowest BCUT2D eigenvalue weighted by atomic mass is 10.1. The summed E-state index contributed by atoms with van der Waals surface area (Å²) >= 11 is 0. The molecule has 2 N–H and O–H groups in total. The highest BCUT2D eigenvalue weighted by Gasteiger charge is 2.17. The monoisotopic (exact) mass is 299 g/mol. The fourth-order valence-corrected chi connectivity index (χ4v) is 2.90. The summed E-state index contributed by atoms with van der Waals surface area (Å²) in [6, 6.07) is 5.66. The van der Waals surface area contributed by atoms with Crippen molar-refractivity contribution in [2.75, 3.05) is 31.4 Å². The molecule has 0 saturated heterocycles. The Hall–Kier alpha value is -1.11. The molecular formula is C14H25N3O2S. The molecule has 1 aromatic carbocycles. The van der Waals surface area contributed by atoms with Crippen molar-refractivity contribution in [2.45, 2.75) is 27.2 Å². The van der Waals surface area contributed by atoms with Crippen molar-refractivity contribution in [3.63, 3.8) is 0 Å². The quantitative estimate of drug-likeness (QED) is 0.721. The zero-order valence-electron chi connectivity index (χ0n) is 12.7. The highest BCUT2D eigenvalue weighted by Crippen LogP contribution is 2.18. The van der Waals surface area contributed by atoms with Crippen LogP contribution in [0.25, 0.3) is 0 Å². The van der Waals surface area contributed by atoms with Gasteiger partial charge in [0.1, 0.15) is 0 Å². The van der Waals surface area contributed by atoms with E-state index in [1.165, 1.54) is 4.31 Å². The van der Waals surface area contributed by atoms with Gasteiger partial charge in [0.05, 0.1) is 5.69 Å². The summed E-state index contributed by atoms with van der Waals surface area (Å²) in [5.74, 6) is 0. The Morgan fingerprint density at radius 3 is 2.55 bits per heavy atom. The molecule has 0 aliphatic rings. The zero-order chi connectivity index (χ0) is 15.2. The molecule has 114 valence electrons. The van der Waals surface area contributed by atoms with E-state index >= 15 is 0 Å². The lowest BCUT2D eigenvalue weighted by Gasteiger charge is -2.19. The van der Waals surface area contributed by atoms with Crippen LogP contribution in [-0.2, 0) is 10.2 Å². The maximum absolute atomic E-state index is 12.2. The van der Waals surface area contributed by atoms with Gasteiger partial charge in [0.15, 0.2) is 0 Å². The van der Waals surface area contributed by atoms with Crippen LogP contribution in [0.3, 0.4) is 0 Å². The molecule has 0 heterocycles. The van der Waals surface area contributed by atoms with Crippen LogP contribution >= 0.6 is 0 Å². The van der Waals surface area contributed by atoms with Gasteiger partial charge in [-0.05, 0) is 45.0 Å². The summed E-state index contributed by atoms with van der Waals surface area (Å²) in [6.45, 7) is 8.13. The number of nitrogens with one attached hydrogen (secondary N) is 2. The van der Waals surface area contributed by atoms with Crippen molar-refractivity contribution in [1.29, 1.82) is 0 Å². The lowest BCUT2D eigenvalue weighted by molar-refractivity contribution is 0.459. The van der Waals surface area contributed by atoms with E-state index in [4.69, 9.17) is 0 Å². The van der Waals surface area contributed by atoms with Gasteiger partial charge in [-0.15, -0.1) is 0 Å². The minimum atomic E-state index is -3.48. The van der Waals surface area contributed by atoms with Gasteiger partial charge in [-0.25, -0.2) is 0 Å². The van der Waals surface area contributed by atoms with Gasteiger partial charge in [-0.3, -0.25) is 4.72 Å². The van der Waals surface area contributed by atoms with E-state index in [2.05, 4.69) is 10.0 Å². The average molecular weight is 299 g/mol. The van der Waals surface area contributed by atoms with Crippen LogP contribution in [0, 0.1) is 13.8 Å². The standard InChI is InChI=1S/C14H25N3O2S/c1-5-15-9-6-10-17(4)20(18,19)16-14-8-7-12(2)11-13(14)3/h7-8,11,15-16H,5-6,9-10H2,1-4H3. The van der Waals surface area contributed by atoms with Crippen molar-refractivity contribution >= 4 is 15.9 Å². The van der Waals surface area contributed by atoms with Crippen molar-refractivity contribution in [2.24, 2.45) is 0 Å². The first kappa shape index (κ1) is 16.9. The lowest BCUT2D eigenvalue weighted by Crippen LogP contribution is -2.34. The molecule has 0 spiro atoms. The third kappa shape index (κ3) is 5.11. The molecule has 20 heavy (non-hydrogen) atoms. The molecule has 0 saturated carbocycles. The highest BCUT2D eigenvalue weighted by molar-refractivity contribution is 7.90. The molecule has 0 aliphatic carbocycles. The van der Waals surface area contributed by atoms with E-state index in [1.54, 1.807) is 13.1 Å². The Morgan fingerprint density at radius 1 is 1.25 bits per heavy atom. The molecule has 0 aliphatic heterocycles. The Balaban J connectivity index is 2.64. The molecule has 0 atom stereocenters. The molecule has 0 amide bonds. The number of hydrogen-bond acceptors (Lipinski definition) is 3. The number of anilines is 1. The average Bonchev–Trinajstić information content (AvgIpc) is 2.37. The van der Waals surface area contributed by atoms with E-state index in [-0.39, 0.29) is 0 Å². The van der Waals surface area contributed by atoms with E-state index < -0.39 is 10.2 Å². The number of benzene rings is 1. The van der Waals surface area contributed by atoms with E-state index in [0.29, 0.717) is 12.2 Å². The smallest absolute Gasteiger partial charge is 0.301 e. The van der Waals surface area contributed by atoms with Crippen LogP contribution in [0.1, 0.15) is 24.5 Å². The van der Waals surface area contributed by atoms with Crippen molar-refractivity contribution in [1.82, 2.24) is 9.62 Å². The normalized spacial score (nSPS) is 11.8. The zero-order valence-corrected chi connectivity index (χ0v) is 13.5. The topological polar surface area (TPSA) is 61.4 Å². The minimum Gasteiger partial charge on any atom is -0.317 e. The number of hydrogen-bond donors (Lipinski definition) is 2. The third-order valence-electron chi connectivity index (χ3n) is 3.11. The number of nitrogens with zero attached hydrogens (tertiary/aromatic N) is 1. The van der Waals surface area contributed by atoms with Gasteiger partial charge in [0.2, 0.25) is 0 Å². The molecule has 0 radical (unpaired) electrons. The van der Waals surface area contributed by atoms with Gasteiger partial charge in [-0.1, -0.05) is 24.6 Å². The fraction of sp³-hybridized carbons (Fsp3) is 0.571. The summed E-state index contributed by atoms with van der Waals surface area (Å²) < 4.78 is 28.4. The van der Waals surface area contributed by atoms with Crippen LogP contribution in [0.2, 0.25) is 0 Å². The Morgan fingerprint density at radius 2 is 1.95 bits per heavy atom. The van der Waals surface area contributed by atoms with Crippen LogP contribution in [0.5, 0.6) is 0 Å². The predicted octanol–water partition coefficient (Wildman–Crippen LogP) is 1.89. The Bertz CT molecular complexity index is 529.